The van der Waals surface area contributed by atoms with Gasteiger partial charge in [0.2, 0.25) is 11.8 Å². The summed E-state index contributed by atoms with van der Waals surface area (Å²) in [5.41, 5.74) is 5.52. The third-order valence-electron chi connectivity index (χ3n) is 5.63. The van der Waals surface area contributed by atoms with Crippen molar-refractivity contribution in [2.75, 3.05) is 28.6 Å². The van der Waals surface area contributed by atoms with Gasteiger partial charge in [0.15, 0.2) is 5.69 Å². The second kappa shape index (κ2) is 10.2. The van der Waals surface area contributed by atoms with E-state index < -0.39 is 17.2 Å². The summed E-state index contributed by atoms with van der Waals surface area (Å²) in [5.74, 6) is -1.16. The van der Waals surface area contributed by atoms with Gasteiger partial charge in [-0.25, -0.2) is 4.79 Å². The number of H-pyrrole nitrogens is 1. The summed E-state index contributed by atoms with van der Waals surface area (Å²) in [7, 11) is 0. The van der Waals surface area contributed by atoms with Crippen molar-refractivity contribution in [1.29, 1.82) is 0 Å². The number of anilines is 3. The highest BCUT2D eigenvalue weighted by Crippen LogP contribution is 2.30. The van der Waals surface area contributed by atoms with Gasteiger partial charge in [-0.05, 0) is 30.5 Å². The van der Waals surface area contributed by atoms with E-state index in [1.807, 2.05) is 20.8 Å². The molecule has 2 heterocycles. The van der Waals surface area contributed by atoms with Gasteiger partial charge in [0.1, 0.15) is 5.82 Å². The van der Waals surface area contributed by atoms with Crippen LogP contribution in [0.25, 0.3) is 0 Å². The van der Waals surface area contributed by atoms with E-state index in [9.17, 15) is 19.2 Å². The molecule has 1 aromatic heterocycles. The first-order chi connectivity index (χ1) is 15.6. The largest absolute Gasteiger partial charge is 0.383 e. The average molecular weight is 476 g/mol. The lowest BCUT2D eigenvalue weighted by Crippen LogP contribution is -2.44. The van der Waals surface area contributed by atoms with Crippen LogP contribution in [0.3, 0.4) is 0 Å². The number of nitrogens with one attached hydrogen (secondary N) is 1. The molecule has 3 N–H and O–H groups in total. The summed E-state index contributed by atoms with van der Waals surface area (Å²) >= 11 is 6.06. The number of carbonyl (C=O) groups excluding carboxylic acids is 2. The van der Waals surface area contributed by atoms with Crippen molar-refractivity contribution in [2.24, 2.45) is 11.8 Å². The Labute approximate surface area is 197 Å². The van der Waals surface area contributed by atoms with Crippen molar-refractivity contribution in [2.45, 2.75) is 46.6 Å². The zero-order chi connectivity index (χ0) is 24.3. The molecule has 2 amide bonds. The number of nitrogens with two attached hydrogens (primary N) is 1. The lowest BCUT2D eigenvalue weighted by Gasteiger charge is -2.27. The summed E-state index contributed by atoms with van der Waals surface area (Å²) < 4.78 is 1.28. The van der Waals surface area contributed by atoms with Crippen LogP contribution < -0.4 is 26.8 Å². The summed E-state index contributed by atoms with van der Waals surface area (Å²) in [6.07, 6.45) is 1.43. The Morgan fingerprint density at radius 1 is 1.30 bits per heavy atom. The molecule has 0 bridgehead atoms. The number of carbonyl (C=O) groups is 2. The first-order valence-electron chi connectivity index (χ1n) is 11.1. The first-order valence-corrected chi connectivity index (χ1v) is 11.5. The standard InChI is InChI=1S/C23H30ClN5O4/c1-4-5-9-27(19-20(25)29(12-14(2)3)23(33)26-21(19)31)22(32)15-10-18(30)28(13-15)17-8-6-7-16(24)11-17/h6-8,11,14-15H,4-5,9-10,12-13,25H2,1-3H3,(H,26,31,33). The molecule has 1 aliphatic rings. The molecule has 1 aliphatic heterocycles. The molecule has 33 heavy (non-hydrogen) atoms. The van der Waals surface area contributed by atoms with E-state index in [2.05, 4.69) is 4.98 Å². The highest BCUT2D eigenvalue weighted by Gasteiger charge is 2.39. The third-order valence-corrected chi connectivity index (χ3v) is 5.86. The Morgan fingerprint density at radius 3 is 2.67 bits per heavy atom. The number of nitrogens with zero attached hydrogens (tertiary/aromatic N) is 3. The van der Waals surface area contributed by atoms with Gasteiger partial charge >= 0.3 is 5.69 Å². The van der Waals surface area contributed by atoms with Gasteiger partial charge in [-0.15, -0.1) is 0 Å². The third kappa shape index (κ3) is 5.30. The van der Waals surface area contributed by atoms with E-state index in [0.717, 1.165) is 6.42 Å². The zero-order valence-corrected chi connectivity index (χ0v) is 19.9. The van der Waals surface area contributed by atoms with E-state index >= 15 is 0 Å². The smallest absolute Gasteiger partial charge is 0.330 e. The average Bonchev–Trinajstić information content (AvgIpc) is 3.14. The predicted molar refractivity (Wildman–Crippen MR) is 130 cm³/mol. The molecule has 0 spiro atoms. The van der Waals surface area contributed by atoms with Gasteiger partial charge in [-0.3, -0.25) is 23.9 Å². The monoisotopic (exact) mass is 475 g/mol. The minimum Gasteiger partial charge on any atom is -0.383 e. The maximum Gasteiger partial charge on any atom is 0.330 e. The van der Waals surface area contributed by atoms with Gasteiger partial charge < -0.3 is 15.5 Å². The number of aromatic amines is 1. The number of rotatable bonds is 8. The van der Waals surface area contributed by atoms with Crippen LogP contribution in [0.2, 0.25) is 5.02 Å². The van der Waals surface area contributed by atoms with E-state index in [1.165, 1.54) is 14.4 Å². The minimum absolute atomic E-state index is 0.0113. The van der Waals surface area contributed by atoms with Crippen LogP contribution in [0, 0.1) is 11.8 Å². The predicted octanol–water partition coefficient (Wildman–Crippen LogP) is 2.61. The number of hydrogen-bond acceptors (Lipinski definition) is 5. The topological polar surface area (TPSA) is 121 Å². The van der Waals surface area contributed by atoms with Crippen molar-refractivity contribution >= 4 is 40.6 Å². The number of benzene rings is 1. The zero-order valence-electron chi connectivity index (χ0n) is 19.1. The van der Waals surface area contributed by atoms with Crippen LogP contribution in [-0.4, -0.2) is 34.5 Å². The summed E-state index contributed by atoms with van der Waals surface area (Å²) in [5, 5.41) is 0.492. The highest BCUT2D eigenvalue weighted by molar-refractivity contribution is 6.31. The molecule has 2 aromatic rings. The van der Waals surface area contributed by atoms with Crippen LogP contribution in [0.1, 0.15) is 40.0 Å². The second-order valence-electron chi connectivity index (χ2n) is 8.73. The molecule has 0 radical (unpaired) electrons. The summed E-state index contributed by atoms with van der Waals surface area (Å²) in [6.45, 7) is 6.54. The van der Waals surface area contributed by atoms with Crippen LogP contribution in [0.5, 0.6) is 0 Å². The molecule has 1 atom stereocenters. The molecule has 10 heteroatoms. The number of unbranched alkanes of at least 4 members (excludes halogenated alkanes) is 1. The number of nitrogen functional groups attached to an aromatic ring is 1. The SMILES string of the molecule is CCCCN(C(=O)C1CC(=O)N(c2cccc(Cl)c2)C1)c1c(N)n(CC(C)C)c(=O)[nH]c1=O. The number of aromatic nitrogens is 2. The molecule has 178 valence electrons. The molecular formula is C23H30ClN5O4. The van der Waals surface area contributed by atoms with Crippen molar-refractivity contribution in [3.63, 3.8) is 0 Å². The molecule has 1 unspecified atom stereocenters. The maximum atomic E-state index is 13.6. The summed E-state index contributed by atoms with van der Waals surface area (Å²) in [6, 6.07) is 6.88. The van der Waals surface area contributed by atoms with E-state index in [-0.39, 0.29) is 48.7 Å². The Morgan fingerprint density at radius 2 is 2.03 bits per heavy atom. The van der Waals surface area contributed by atoms with Crippen molar-refractivity contribution < 1.29 is 9.59 Å². The van der Waals surface area contributed by atoms with Gasteiger partial charge in [0.05, 0.1) is 5.92 Å². The normalized spacial score (nSPS) is 16.0. The Kier molecular flexibility index (Phi) is 7.63. The summed E-state index contributed by atoms with van der Waals surface area (Å²) in [4.78, 5) is 56.6. The van der Waals surface area contributed by atoms with Crippen LogP contribution in [0.15, 0.2) is 33.9 Å². The van der Waals surface area contributed by atoms with Crippen LogP contribution in [0.4, 0.5) is 17.2 Å². The maximum absolute atomic E-state index is 13.6. The number of hydrogen-bond donors (Lipinski definition) is 2. The van der Waals surface area contributed by atoms with E-state index in [1.54, 1.807) is 24.3 Å². The molecule has 1 fully saturated rings. The first kappa shape index (κ1) is 24.6. The van der Waals surface area contributed by atoms with Gasteiger partial charge in [0, 0.05) is 36.8 Å². The number of halogens is 1. The van der Waals surface area contributed by atoms with Crippen LogP contribution in [-0.2, 0) is 16.1 Å². The Hall–Kier alpha value is -3.07. The quantitative estimate of drug-likeness (QED) is 0.607. The lowest BCUT2D eigenvalue weighted by atomic mass is 10.1. The molecular weight excluding hydrogens is 446 g/mol. The van der Waals surface area contributed by atoms with Gasteiger partial charge in [-0.1, -0.05) is 44.9 Å². The molecule has 9 nitrogen and oxygen atoms in total. The lowest BCUT2D eigenvalue weighted by molar-refractivity contribution is -0.124. The Balaban J connectivity index is 1.97. The van der Waals surface area contributed by atoms with E-state index in [0.29, 0.717) is 23.7 Å². The van der Waals surface area contributed by atoms with Crippen molar-refractivity contribution in [1.82, 2.24) is 9.55 Å². The fourth-order valence-corrected chi connectivity index (χ4v) is 4.20. The molecule has 1 aromatic carbocycles. The Bertz CT molecular complexity index is 1160. The van der Waals surface area contributed by atoms with E-state index in [4.69, 9.17) is 17.3 Å². The number of amides is 2. The molecule has 3 rings (SSSR count). The molecule has 0 aliphatic carbocycles. The fourth-order valence-electron chi connectivity index (χ4n) is 4.02. The van der Waals surface area contributed by atoms with Crippen LogP contribution >= 0.6 is 11.6 Å². The highest BCUT2D eigenvalue weighted by atomic mass is 35.5. The molecule has 0 saturated carbocycles. The minimum atomic E-state index is -0.710. The van der Waals surface area contributed by atoms with Crippen molar-refractivity contribution in [3.8, 4) is 0 Å². The fraction of sp³-hybridized carbons (Fsp3) is 0.478. The van der Waals surface area contributed by atoms with Gasteiger partial charge in [0.25, 0.3) is 5.56 Å². The second-order valence-corrected chi connectivity index (χ2v) is 9.16. The van der Waals surface area contributed by atoms with Crippen molar-refractivity contribution in [3.05, 3.63) is 50.1 Å². The van der Waals surface area contributed by atoms with Gasteiger partial charge in [-0.2, -0.15) is 0 Å². The molecule has 1 saturated heterocycles.